The predicted molar refractivity (Wildman–Crippen MR) is 70.2 cm³/mol. The van der Waals surface area contributed by atoms with E-state index in [-0.39, 0.29) is 0 Å². The molecule has 1 aliphatic heterocycles. The molecule has 0 spiro atoms. The highest BCUT2D eigenvalue weighted by Crippen LogP contribution is 2.26. The van der Waals surface area contributed by atoms with Crippen molar-refractivity contribution in [2.24, 2.45) is 5.92 Å². The molecular weight excluding hydrogens is 230 g/mol. The summed E-state index contributed by atoms with van der Waals surface area (Å²) in [4.78, 5) is 13.3. The molecule has 1 heterocycles. The molecule has 1 saturated heterocycles. The highest BCUT2D eigenvalue weighted by Gasteiger charge is 2.22. The molecule has 98 valence electrons. The molecule has 0 atom stereocenters. The van der Waals surface area contributed by atoms with Crippen LogP contribution in [-0.4, -0.2) is 37.9 Å². The Morgan fingerprint density at radius 2 is 2.06 bits per heavy atom. The lowest BCUT2D eigenvalue weighted by molar-refractivity contribution is 0.0697. The van der Waals surface area contributed by atoms with Gasteiger partial charge >= 0.3 is 5.97 Å². The van der Waals surface area contributed by atoms with Crippen molar-refractivity contribution in [1.82, 2.24) is 0 Å². The molecule has 1 fully saturated rings. The van der Waals surface area contributed by atoms with E-state index in [1.54, 1.807) is 19.2 Å². The number of piperidine rings is 1. The van der Waals surface area contributed by atoms with Crippen molar-refractivity contribution in [2.45, 2.75) is 12.8 Å². The molecule has 2 rings (SSSR count). The third kappa shape index (κ3) is 2.82. The van der Waals surface area contributed by atoms with Crippen molar-refractivity contribution in [3.63, 3.8) is 0 Å². The number of carbonyl (C=O) groups is 1. The van der Waals surface area contributed by atoms with Gasteiger partial charge in [-0.1, -0.05) is 12.1 Å². The van der Waals surface area contributed by atoms with Crippen molar-refractivity contribution in [1.29, 1.82) is 0 Å². The highest BCUT2D eigenvalue weighted by atomic mass is 16.5. The van der Waals surface area contributed by atoms with Crippen LogP contribution in [0.4, 0.5) is 5.69 Å². The van der Waals surface area contributed by atoms with E-state index in [9.17, 15) is 9.90 Å². The first-order valence-electron chi connectivity index (χ1n) is 6.28. The lowest BCUT2D eigenvalue weighted by atomic mass is 9.97. The number of anilines is 1. The van der Waals surface area contributed by atoms with Crippen LogP contribution < -0.4 is 4.90 Å². The largest absolute Gasteiger partial charge is 0.478 e. The molecule has 0 amide bonds. The molecule has 0 unspecified atom stereocenters. The predicted octanol–water partition coefficient (Wildman–Crippen LogP) is 2.25. The Morgan fingerprint density at radius 3 is 2.67 bits per heavy atom. The van der Waals surface area contributed by atoms with Gasteiger partial charge in [-0.25, -0.2) is 4.79 Å². The van der Waals surface area contributed by atoms with E-state index >= 15 is 0 Å². The first-order chi connectivity index (χ1) is 8.72. The molecule has 0 aromatic heterocycles. The smallest absolute Gasteiger partial charge is 0.337 e. The van der Waals surface area contributed by atoms with Gasteiger partial charge in [-0.2, -0.15) is 0 Å². The molecule has 18 heavy (non-hydrogen) atoms. The Bertz CT molecular complexity index is 411. The number of benzene rings is 1. The molecule has 0 aliphatic carbocycles. The minimum atomic E-state index is -0.857. The fourth-order valence-electron chi connectivity index (χ4n) is 2.51. The Balaban J connectivity index is 2.07. The second-order valence-electron chi connectivity index (χ2n) is 4.71. The minimum absolute atomic E-state index is 0.391. The summed E-state index contributed by atoms with van der Waals surface area (Å²) in [7, 11) is 1.73. The number of rotatable bonds is 4. The van der Waals surface area contributed by atoms with Gasteiger partial charge in [0.1, 0.15) is 0 Å². The number of hydrogen-bond donors (Lipinski definition) is 1. The zero-order chi connectivity index (χ0) is 13.0. The van der Waals surface area contributed by atoms with Gasteiger partial charge in [-0.3, -0.25) is 0 Å². The first kappa shape index (κ1) is 12.9. The summed E-state index contributed by atoms with van der Waals surface area (Å²) < 4.78 is 5.17. The van der Waals surface area contributed by atoms with Gasteiger partial charge in [0.15, 0.2) is 0 Å². The summed E-state index contributed by atoms with van der Waals surface area (Å²) in [5.74, 6) is -0.257. The number of ether oxygens (including phenoxy) is 1. The number of carboxylic acid groups (broad SMARTS) is 1. The van der Waals surface area contributed by atoms with Gasteiger partial charge in [0, 0.05) is 26.8 Å². The summed E-state index contributed by atoms with van der Waals surface area (Å²) in [6, 6.07) is 7.21. The standard InChI is InChI=1S/C14H19NO3/c1-18-10-11-6-8-15(9-7-11)13-5-3-2-4-12(13)14(16)17/h2-5,11H,6-10H2,1H3,(H,16,17). The van der Waals surface area contributed by atoms with Crippen LogP contribution in [0.2, 0.25) is 0 Å². The van der Waals surface area contributed by atoms with Crippen molar-refractivity contribution < 1.29 is 14.6 Å². The first-order valence-corrected chi connectivity index (χ1v) is 6.28. The van der Waals surface area contributed by atoms with E-state index in [4.69, 9.17) is 4.74 Å². The van der Waals surface area contributed by atoms with E-state index in [1.165, 1.54) is 0 Å². The van der Waals surface area contributed by atoms with E-state index in [1.807, 2.05) is 12.1 Å². The van der Waals surface area contributed by atoms with Crippen LogP contribution in [0.3, 0.4) is 0 Å². The van der Waals surface area contributed by atoms with E-state index in [2.05, 4.69) is 4.90 Å². The van der Waals surface area contributed by atoms with Crippen molar-refractivity contribution in [3.05, 3.63) is 29.8 Å². The molecule has 0 radical (unpaired) electrons. The summed E-state index contributed by atoms with van der Waals surface area (Å²) >= 11 is 0. The van der Waals surface area contributed by atoms with Crippen LogP contribution in [0, 0.1) is 5.92 Å². The number of aromatic carboxylic acids is 1. The van der Waals surface area contributed by atoms with Crippen LogP contribution >= 0.6 is 0 Å². The fourth-order valence-corrected chi connectivity index (χ4v) is 2.51. The molecule has 4 nitrogen and oxygen atoms in total. The van der Waals surface area contributed by atoms with E-state index in [0.717, 1.165) is 38.2 Å². The summed E-state index contributed by atoms with van der Waals surface area (Å²) in [5, 5.41) is 9.19. The van der Waals surface area contributed by atoms with Crippen LogP contribution in [0.15, 0.2) is 24.3 Å². The van der Waals surface area contributed by atoms with Gasteiger partial charge in [-0.15, -0.1) is 0 Å². The zero-order valence-electron chi connectivity index (χ0n) is 10.6. The van der Waals surface area contributed by atoms with Crippen LogP contribution in [0.1, 0.15) is 23.2 Å². The monoisotopic (exact) mass is 249 g/mol. The van der Waals surface area contributed by atoms with E-state index in [0.29, 0.717) is 11.5 Å². The third-order valence-corrected chi connectivity index (χ3v) is 3.49. The molecule has 0 bridgehead atoms. The van der Waals surface area contributed by atoms with E-state index < -0.39 is 5.97 Å². The Morgan fingerprint density at radius 1 is 1.39 bits per heavy atom. The SMILES string of the molecule is COCC1CCN(c2ccccc2C(=O)O)CC1. The quantitative estimate of drug-likeness (QED) is 0.889. The number of methoxy groups -OCH3 is 1. The topological polar surface area (TPSA) is 49.8 Å². The Labute approximate surface area is 107 Å². The van der Waals surface area contributed by atoms with Gasteiger partial charge in [0.25, 0.3) is 0 Å². The number of hydrogen-bond acceptors (Lipinski definition) is 3. The van der Waals surface area contributed by atoms with Gasteiger partial charge in [0.2, 0.25) is 0 Å². The van der Waals surface area contributed by atoms with Crippen molar-refractivity contribution >= 4 is 11.7 Å². The summed E-state index contributed by atoms with van der Waals surface area (Å²) in [5.41, 5.74) is 1.23. The lowest BCUT2D eigenvalue weighted by Gasteiger charge is -2.34. The summed E-state index contributed by atoms with van der Waals surface area (Å²) in [6.45, 7) is 2.60. The third-order valence-electron chi connectivity index (χ3n) is 3.49. The summed E-state index contributed by atoms with van der Waals surface area (Å²) in [6.07, 6.45) is 2.11. The van der Waals surface area contributed by atoms with Crippen molar-refractivity contribution in [3.8, 4) is 0 Å². The minimum Gasteiger partial charge on any atom is -0.478 e. The molecule has 1 aromatic carbocycles. The molecule has 4 heteroatoms. The second kappa shape index (κ2) is 5.87. The zero-order valence-corrected chi connectivity index (χ0v) is 10.6. The fraction of sp³-hybridized carbons (Fsp3) is 0.500. The van der Waals surface area contributed by atoms with Crippen molar-refractivity contribution in [2.75, 3.05) is 31.7 Å². The maximum atomic E-state index is 11.2. The number of carboxylic acids is 1. The Kier molecular flexibility index (Phi) is 4.20. The number of nitrogens with zero attached hydrogens (tertiary/aromatic N) is 1. The van der Waals surface area contributed by atoms with Gasteiger partial charge in [-0.05, 0) is 30.9 Å². The highest BCUT2D eigenvalue weighted by molar-refractivity contribution is 5.94. The lowest BCUT2D eigenvalue weighted by Crippen LogP contribution is -2.35. The van der Waals surface area contributed by atoms with Crippen LogP contribution in [0.5, 0.6) is 0 Å². The normalized spacial score (nSPS) is 16.8. The Hall–Kier alpha value is -1.55. The average Bonchev–Trinajstić information content (AvgIpc) is 2.40. The maximum Gasteiger partial charge on any atom is 0.337 e. The van der Waals surface area contributed by atoms with Crippen LogP contribution in [-0.2, 0) is 4.74 Å². The van der Waals surface area contributed by atoms with Gasteiger partial charge < -0.3 is 14.7 Å². The average molecular weight is 249 g/mol. The molecule has 1 aromatic rings. The molecular formula is C14H19NO3. The number of para-hydroxylation sites is 1. The van der Waals surface area contributed by atoms with Gasteiger partial charge in [0.05, 0.1) is 11.3 Å². The molecule has 0 saturated carbocycles. The van der Waals surface area contributed by atoms with Crippen LogP contribution in [0.25, 0.3) is 0 Å². The molecule has 1 aliphatic rings. The molecule has 1 N–H and O–H groups in total. The second-order valence-corrected chi connectivity index (χ2v) is 4.71. The maximum absolute atomic E-state index is 11.2.